The van der Waals surface area contributed by atoms with Crippen LogP contribution in [0.1, 0.15) is 11.8 Å². The van der Waals surface area contributed by atoms with Gasteiger partial charge in [0.25, 0.3) is 0 Å². The lowest BCUT2D eigenvalue weighted by Gasteiger charge is -2.17. The molecule has 0 spiro atoms. The van der Waals surface area contributed by atoms with Crippen LogP contribution >= 0.6 is 0 Å². The number of nitrogen functional groups attached to an aromatic ring is 1. The fraction of sp³-hybridized carbons (Fsp3) is 0.417. The van der Waals surface area contributed by atoms with Crippen LogP contribution in [-0.4, -0.2) is 54.8 Å². The van der Waals surface area contributed by atoms with E-state index in [1.54, 1.807) is 0 Å². The molecule has 3 rings (SSSR count). The Labute approximate surface area is 118 Å². The summed E-state index contributed by atoms with van der Waals surface area (Å²) >= 11 is 0. The van der Waals surface area contributed by atoms with Crippen LogP contribution in [-0.2, 0) is 4.74 Å². The van der Waals surface area contributed by atoms with E-state index < -0.39 is 31.1 Å². The Morgan fingerprint density at radius 2 is 2.14 bits per heavy atom. The van der Waals surface area contributed by atoms with E-state index in [-0.39, 0.29) is 11.4 Å². The van der Waals surface area contributed by atoms with Gasteiger partial charge in [-0.25, -0.2) is 9.97 Å². The number of nitriles is 1. The highest BCUT2D eigenvalue weighted by atomic mass is 16.6. The van der Waals surface area contributed by atoms with Crippen LogP contribution in [0.15, 0.2) is 12.5 Å². The third-order valence-electron chi connectivity index (χ3n) is 3.55. The first kappa shape index (κ1) is 13.7. The second-order valence-electron chi connectivity index (χ2n) is 4.75. The summed E-state index contributed by atoms with van der Waals surface area (Å²) in [5.41, 5.74) is 6.30. The number of anilines is 1. The molecule has 21 heavy (non-hydrogen) atoms. The van der Waals surface area contributed by atoms with Gasteiger partial charge in [-0.1, -0.05) is 0 Å². The molecule has 110 valence electrons. The number of aliphatic hydroxyl groups is 3. The number of ether oxygens (including phenoxy) is 1. The predicted octanol–water partition coefficient (Wildman–Crippen LogP) is -1.50. The number of aliphatic hydroxyl groups excluding tert-OH is 3. The summed E-state index contributed by atoms with van der Waals surface area (Å²) in [6.07, 6.45) is -1.72. The second-order valence-corrected chi connectivity index (χ2v) is 4.75. The zero-order valence-electron chi connectivity index (χ0n) is 10.8. The Bertz CT molecular complexity index is 724. The van der Waals surface area contributed by atoms with Crippen molar-refractivity contribution in [2.45, 2.75) is 24.5 Å². The third kappa shape index (κ3) is 1.93. The number of hydrogen-bond donors (Lipinski definition) is 4. The van der Waals surface area contributed by atoms with Crippen molar-refractivity contribution in [1.82, 2.24) is 14.5 Å². The van der Waals surface area contributed by atoms with Crippen molar-refractivity contribution in [3.8, 4) is 6.07 Å². The van der Waals surface area contributed by atoms with E-state index in [0.717, 1.165) is 0 Å². The molecule has 1 aliphatic rings. The molecule has 0 saturated carbocycles. The molecule has 0 radical (unpaired) electrons. The number of aromatic nitrogens is 3. The van der Waals surface area contributed by atoms with Crippen molar-refractivity contribution in [1.29, 1.82) is 5.26 Å². The zero-order valence-corrected chi connectivity index (χ0v) is 10.8. The average molecular weight is 293 g/mol. The Morgan fingerprint density at radius 1 is 1.38 bits per heavy atom. The molecule has 0 amide bonds. The molecule has 9 heteroatoms. The van der Waals surface area contributed by atoms with Crippen molar-refractivity contribution in [2.75, 3.05) is 12.3 Å². The van der Waals surface area contributed by atoms with Gasteiger partial charge in [0.15, 0.2) is 6.23 Å². The molecule has 4 atom stereocenters. The van der Waals surface area contributed by atoms with E-state index in [0.29, 0.717) is 11.0 Å². The summed E-state index contributed by atoms with van der Waals surface area (Å²) in [5.74, 6) is 0.141. The number of hydrogen-bond acceptors (Lipinski definition) is 8. The summed E-state index contributed by atoms with van der Waals surface area (Å²) < 4.78 is 6.84. The van der Waals surface area contributed by atoms with Gasteiger partial charge in [-0.2, -0.15) is 5.26 Å². The standard InChI is InChI=1S/C12H13N5O4/c13-1-5-2-17(11-7(5)10(14)15-4-16-11)12-9(20)8(19)6(3-18)21-12/h2,4,6,8-9,12,18-20H,3H2,(H2,14,15,16)/t6-,8-,9-,12-/m1/s1/i4+1,13+1. The topological polar surface area (TPSA) is 150 Å². The van der Waals surface area contributed by atoms with Gasteiger partial charge in [-0.3, -0.25) is 0 Å². The number of nitrogens with zero attached hydrogens (tertiary/aromatic N) is 4. The minimum Gasteiger partial charge on any atom is -0.394 e. The van der Waals surface area contributed by atoms with Gasteiger partial charge in [0, 0.05) is 6.20 Å². The summed E-state index contributed by atoms with van der Waals surface area (Å²) in [6, 6.07) is 1.98. The summed E-state index contributed by atoms with van der Waals surface area (Å²) in [7, 11) is 0. The number of rotatable bonds is 2. The maximum atomic E-state index is 10.1. The highest BCUT2D eigenvalue weighted by molar-refractivity contribution is 5.91. The van der Waals surface area contributed by atoms with Crippen molar-refractivity contribution in [3.63, 3.8) is 0 Å². The first-order valence-corrected chi connectivity index (χ1v) is 6.22. The van der Waals surface area contributed by atoms with Gasteiger partial charge < -0.3 is 30.4 Å². The molecule has 9 nitrogen and oxygen atoms in total. The fourth-order valence-corrected chi connectivity index (χ4v) is 2.50. The molecule has 0 aromatic carbocycles. The van der Waals surface area contributed by atoms with Crippen molar-refractivity contribution in [2.24, 2.45) is 0 Å². The van der Waals surface area contributed by atoms with Crippen molar-refractivity contribution in [3.05, 3.63) is 18.1 Å². The Kier molecular flexibility index (Phi) is 3.23. The first-order chi connectivity index (χ1) is 10.1. The molecular formula is C12H13N5O4. The smallest absolute Gasteiger partial charge is 0.164 e. The van der Waals surface area contributed by atoms with E-state index >= 15 is 0 Å². The molecule has 1 aliphatic heterocycles. The highest BCUT2D eigenvalue weighted by Crippen LogP contribution is 2.34. The van der Waals surface area contributed by atoms with Gasteiger partial charge in [0.05, 0.1) is 17.6 Å². The second kappa shape index (κ2) is 4.94. The van der Waals surface area contributed by atoms with Gasteiger partial charge in [0.1, 0.15) is 42.2 Å². The van der Waals surface area contributed by atoms with E-state index in [4.69, 9.17) is 20.8 Å². The van der Waals surface area contributed by atoms with Gasteiger partial charge >= 0.3 is 0 Å². The molecule has 3 heterocycles. The predicted molar refractivity (Wildman–Crippen MR) is 69.7 cm³/mol. The van der Waals surface area contributed by atoms with Crippen molar-refractivity contribution < 1.29 is 20.1 Å². The SMILES string of the molecule is Nc1n[13cH]nc2c1c(C#[15N])cn2[C@@H]1O[C@H](CO)[C@@H](O)[C@H]1O. The van der Waals surface area contributed by atoms with Crippen molar-refractivity contribution >= 4 is 16.9 Å². The van der Waals surface area contributed by atoms with E-state index in [2.05, 4.69) is 9.97 Å². The zero-order chi connectivity index (χ0) is 15.1. The first-order valence-electron chi connectivity index (χ1n) is 6.22. The van der Waals surface area contributed by atoms with Gasteiger partial charge in [0.2, 0.25) is 0 Å². The molecular weight excluding hydrogens is 280 g/mol. The lowest BCUT2D eigenvalue weighted by atomic mass is 10.1. The molecule has 0 unspecified atom stereocenters. The van der Waals surface area contributed by atoms with Crippen LogP contribution in [0.4, 0.5) is 5.82 Å². The quantitative estimate of drug-likeness (QED) is 0.488. The number of nitrogens with two attached hydrogens (primary N) is 1. The van der Waals surface area contributed by atoms with Crippen LogP contribution in [0.25, 0.3) is 11.0 Å². The average Bonchev–Trinajstić information content (AvgIpc) is 2.99. The molecule has 2 aromatic rings. The van der Waals surface area contributed by atoms with Crippen LogP contribution in [0.2, 0.25) is 0 Å². The highest BCUT2D eigenvalue weighted by Gasteiger charge is 2.44. The minimum absolute atomic E-state index is 0.141. The minimum atomic E-state index is -1.26. The van der Waals surface area contributed by atoms with E-state index in [9.17, 15) is 10.2 Å². The Morgan fingerprint density at radius 3 is 2.76 bits per heavy atom. The normalized spacial score (nSPS) is 28.9. The molecule has 1 saturated heterocycles. The maximum Gasteiger partial charge on any atom is 0.164 e. The molecule has 2 aromatic heterocycles. The van der Waals surface area contributed by atoms with Gasteiger partial charge in [-0.15, -0.1) is 0 Å². The fourth-order valence-electron chi connectivity index (χ4n) is 2.50. The monoisotopic (exact) mass is 293 g/mol. The third-order valence-corrected chi connectivity index (χ3v) is 3.55. The summed E-state index contributed by atoms with van der Waals surface area (Å²) in [5, 5.41) is 38.5. The van der Waals surface area contributed by atoms with Gasteiger partial charge in [-0.05, 0) is 0 Å². The van der Waals surface area contributed by atoms with Crippen LogP contribution in [0, 0.1) is 11.3 Å². The van der Waals surface area contributed by atoms with E-state index in [1.807, 2.05) is 6.07 Å². The molecule has 0 aliphatic carbocycles. The van der Waals surface area contributed by atoms with E-state index in [1.165, 1.54) is 17.1 Å². The van der Waals surface area contributed by atoms with Crippen LogP contribution in [0.3, 0.4) is 0 Å². The molecule has 1 fully saturated rings. The Balaban J connectivity index is 2.14. The summed E-state index contributed by atoms with van der Waals surface area (Å²) in [4.78, 5) is 7.88. The van der Waals surface area contributed by atoms with Crippen LogP contribution < -0.4 is 5.73 Å². The molecule has 0 bridgehead atoms. The molecule has 5 N–H and O–H groups in total. The lowest BCUT2D eigenvalue weighted by molar-refractivity contribution is -0.0508. The maximum absolute atomic E-state index is 10.1. The van der Waals surface area contributed by atoms with Crippen LogP contribution in [0.5, 0.6) is 0 Å². The lowest BCUT2D eigenvalue weighted by Crippen LogP contribution is -2.33. The number of fused-ring (bicyclic) bond motifs is 1. The Hall–Kier alpha value is -2.25. The largest absolute Gasteiger partial charge is 0.394 e. The summed E-state index contributed by atoms with van der Waals surface area (Å²) in [6.45, 7) is -0.434.